The Balaban J connectivity index is 1.75. The molecule has 6 nitrogen and oxygen atoms in total. The van der Waals surface area contributed by atoms with Crippen LogP contribution in [-0.4, -0.2) is 21.0 Å². The Hall–Kier alpha value is -2.54. The van der Waals surface area contributed by atoms with Crippen molar-refractivity contribution in [2.75, 3.05) is 5.32 Å². The molecule has 3 rings (SSSR count). The standard InChI is InChI=1S/C16H16N4O2S/c1-9(14-10(2)20-22-11(14)3)15(21)19-16-18-13(8-23-16)12-5-4-6-17-7-12/h4-9H,1-3H3,(H,18,19,21)/t9-/m1/s1. The minimum atomic E-state index is -0.355. The average Bonchev–Trinajstić information content (AvgIpc) is 3.14. The quantitative estimate of drug-likeness (QED) is 0.792. The van der Waals surface area contributed by atoms with Crippen molar-refractivity contribution in [3.63, 3.8) is 0 Å². The third-order valence-electron chi connectivity index (χ3n) is 3.61. The largest absolute Gasteiger partial charge is 0.361 e. The fourth-order valence-corrected chi connectivity index (χ4v) is 3.15. The molecule has 0 saturated heterocycles. The van der Waals surface area contributed by atoms with Gasteiger partial charge in [0.2, 0.25) is 5.91 Å². The molecular weight excluding hydrogens is 312 g/mol. The predicted molar refractivity (Wildman–Crippen MR) is 88.4 cm³/mol. The van der Waals surface area contributed by atoms with Crippen LogP contribution in [0.2, 0.25) is 0 Å². The molecule has 3 heterocycles. The zero-order valence-corrected chi connectivity index (χ0v) is 13.8. The summed E-state index contributed by atoms with van der Waals surface area (Å²) < 4.78 is 5.13. The van der Waals surface area contributed by atoms with Crippen molar-refractivity contribution in [3.05, 3.63) is 46.9 Å². The van der Waals surface area contributed by atoms with Crippen molar-refractivity contribution in [2.24, 2.45) is 0 Å². The molecule has 0 aliphatic rings. The second-order valence-electron chi connectivity index (χ2n) is 5.23. The molecule has 3 aromatic rings. The molecule has 23 heavy (non-hydrogen) atoms. The molecule has 0 aromatic carbocycles. The van der Waals surface area contributed by atoms with Gasteiger partial charge in [0, 0.05) is 28.9 Å². The third-order valence-corrected chi connectivity index (χ3v) is 4.36. The molecule has 0 radical (unpaired) electrons. The van der Waals surface area contributed by atoms with Gasteiger partial charge >= 0.3 is 0 Å². The highest BCUT2D eigenvalue weighted by Gasteiger charge is 2.23. The lowest BCUT2D eigenvalue weighted by atomic mass is 9.99. The van der Waals surface area contributed by atoms with Crippen LogP contribution in [0.4, 0.5) is 5.13 Å². The molecule has 0 saturated carbocycles. The van der Waals surface area contributed by atoms with Gasteiger partial charge in [0.05, 0.1) is 17.3 Å². The SMILES string of the molecule is Cc1noc(C)c1[C@@H](C)C(=O)Nc1nc(-c2cccnc2)cs1. The van der Waals surface area contributed by atoms with Crippen LogP contribution >= 0.6 is 11.3 Å². The van der Waals surface area contributed by atoms with Gasteiger partial charge in [-0.2, -0.15) is 0 Å². The molecule has 1 N–H and O–H groups in total. The lowest BCUT2D eigenvalue weighted by molar-refractivity contribution is -0.117. The van der Waals surface area contributed by atoms with Crippen molar-refractivity contribution in [2.45, 2.75) is 26.7 Å². The van der Waals surface area contributed by atoms with Crippen molar-refractivity contribution >= 4 is 22.4 Å². The van der Waals surface area contributed by atoms with Crippen molar-refractivity contribution in [3.8, 4) is 11.3 Å². The van der Waals surface area contributed by atoms with E-state index < -0.39 is 0 Å². The first-order valence-corrected chi connectivity index (χ1v) is 8.03. The molecule has 118 valence electrons. The van der Waals surface area contributed by atoms with Gasteiger partial charge in [0.25, 0.3) is 0 Å². The maximum absolute atomic E-state index is 12.4. The molecule has 1 amide bonds. The number of nitrogens with one attached hydrogen (secondary N) is 1. The number of pyridine rings is 1. The minimum absolute atomic E-state index is 0.133. The van der Waals surface area contributed by atoms with E-state index >= 15 is 0 Å². The molecule has 0 bridgehead atoms. The molecule has 7 heteroatoms. The summed E-state index contributed by atoms with van der Waals surface area (Å²) in [4.78, 5) is 20.9. The topological polar surface area (TPSA) is 80.9 Å². The number of rotatable bonds is 4. The second kappa shape index (κ2) is 6.29. The lowest BCUT2D eigenvalue weighted by Gasteiger charge is -2.10. The summed E-state index contributed by atoms with van der Waals surface area (Å²) in [5.74, 6) is 0.179. The van der Waals surface area contributed by atoms with E-state index in [1.165, 1.54) is 11.3 Å². The van der Waals surface area contributed by atoms with E-state index in [0.29, 0.717) is 10.9 Å². The Labute approximate surface area is 137 Å². The fraction of sp³-hybridized carbons (Fsp3) is 0.250. The summed E-state index contributed by atoms with van der Waals surface area (Å²) in [6.45, 7) is 5.47. The van der Waals surface area contributed by atoms with E-state index in [4.69, 9.17) is 4.52 Å². The van der Waals surface area contributed by atoms with E-state index in [0.717, 1.165) is 22.5 Å². The van der Waals surface area contributed by atoms with E-state index in [9.17, 15) is 4.79 Å². The molecule has 1 atom stereocenters. The Morgan fingerprint density at radius 2 is 2.22 bits per heavy atom. The molecule has 3 aromatic heterocycles. The van der Waals surface area contributed by atoms with Crippen LogP contribution < -0.4 is 5.32 Å². The minimum Gasteiger partial charge on any atom is -0.361 e. The first-order valence-electron chi connectivity index (χ1n) is 7.16. The highest BCUT2D eigenvalue weighted by molar-refractivity contribution is 7.14. The average molecular weight is 328 g/mol. The van der Waals surface area contributed by atoms with Crippen LogP contribution in [0.3, 0.4) is 0 Å². The van der Waals surface area contributed by atoms with E-state index in [1.54, 1.807) is 12.4 Å². The Morgan fingerprint density at radius 3 is 2.87 bits per heavy atom. The van der Waals surface area contributed by atoms with Gasteiger partial charge in [-0.1, -0.05) is 5.16 Å². The van der Waals surface area contributed by atoms with Gasteiger partial charge in [-0.3, -0.25) is 9.78 Å². The van der Waals surface area contributed by atoms with Crippen molar-refractivity contribution in [1.82, 2.24) is 15.1 Å². The van der Waals surface area contributed by atoms with Crippen LogP contribution in [0.15, 0.2) is 34.4 Å². The predicted octanol–water partition coefficient (Wildman–Crippen LogP) is 3.55. The van der Waals surface area contributed by atoms with Gasteiger partial charge in [0.15, 0.2) is 5.13 Å². The van der Waals surface area contributed by atoms with Gasteiger partial charge in [-0.15, -0.1) is 11.3 Å². The maximum atomic E-state index is 12.4. The summed E-state index contributed by atoms with van der Waals surface area (Å²) in [6.07, 6.45) is 3.46. The second-order valence-corrected chi connectivity index (χ2v) is 6.09. The number of nitrogens with zero attached hydrogens (tertiary/aromatic N) is 3. The summed E-state index contributed by atoms with van der Waals surface area (Å²) in [5, 5.41) is 9.21. The molecule has 0 aliphatic carbocycles. The van der Waals surface area contributed by atoms with E-state index in [2.05, 4.69) is 20.4 Å². The number of aryl methyl sites for hydroxylation is 2. The highest BCUT2D eigenvalue weighted by Crippen LogP contribution is 2.27. The lowest BCUT2D eigenvalue weighted by Crippen LogP contribution is -2.19. The molecular formula is C16H16N4O2S. The molecule has 0 spiro atoms. The highest BCUT2D eigenvalue weighted by atomic mass is 32.1. The Kier molecular flexibility index (Phi) is 4.20. The summed E-state index contributed by atoms with van der Waals surface area (Å²) >= 11 is 1.39. The summed E-state index contributed by atoms with van der Waals surface area (Å²) in [7, 11) is 0. The smallest absolute Gasteiger partial charge is 0.233 e. The monoisotopic (exact) mass is 328 g/mol. The first-order chi connectivity index (χ1) is 11.1. The number of carbonyl (C=O) groups excluding carboxylic acids is 1. The zero-order chi connectivity index (χ0) is 16.4. The van der Waals surface area contributed by atoms with Crippen LogP contribution in [0.5, 0.6) is 0 Å². The Bertz CT molecular complexity index is 806. The normalized spacial score (nSPS) is 12.1. The van der Waals surface area contributed by atoms with Crippen molar-refractivity contribution in [1.29, 1.82) is 0 Å². The van der Waals surface area contributed by atoms with Gasteiger partial charge < -0.3 is 9.84 Å². The number of hydrogen-bond donors (Lipinski definition) is 1. The number of aromatic nitrogens is 3. The third kappa shape index (κ3) is 3.14. The van der Waals surface area contributed by atoms with Crippen LogP contribution in [0.25, 0.3) is 11.3 Å². The van der Waals surface area contributed by atoms with E-state index in [-0.39, 0.29) is 11.8 Å². The van der Waals surface area contributed by atoms with Crippen LogP contribution in [-0.2, 0) is 4.79 Å². The number of hydrogen-bond acceptors (Lipinski definition) is 6. The number of anilines is 1. The van der Waals surface area contributed by atoms with Gasteiger partial charge in [0.1, 0.15) is 5.76 Å². The first kappa shape index (κ1) is 15.4. The maximum Gasteiger partial charge on any atom is 0.233 e. The van der Waals surface area contributed by atoms with Crippen LogP contribution in [0.1, 0.15) is 29.9 Å². The number of amides is 1. The molecule has 0 aliphatic heterocycles. The number of thiazole rings is 1. The number of carbonyl (C=O) groups is 1. The summed E-state index contributed by atoms with van der Waals surface area (Å²) in [6, 6.07) is 3.78. The molecule has 0 unspecified atom stereocenters. The fourth-order valence-electron chi connectivity index (χ4n) is 2.43. The van der Waals surface area contributed by atoms with Gasteiger partial charge in [-0.05, 0) is 32.9 Å². The van der Waals surface area contributed by atoms with E-state index in [1.807, 2.05) is 38.3 Å². The molecule has 0 fully saturated rings. The Morgan fingerprint density at radius 1 is 1.39 bits per heavy atom. The zero-order valence-electron chi connectivity index (χ0n) is 13.0. The summed E-state index contributed by atoms with van der Waals surface area (Å²) in [5.41, 5.74) is 3.28. The van der Waals surface area contributed by atoms with Crippen molar-refractivity contribution < 1.29 is 9.32 Å². The van der Waals surface area contributed by atoms with Crippen LogP contribution in [0, 0.1) is 13.8 Å². The van der Waals surface area contributed by atoms with Gasteiger partial charge in [-0.25, -0.2) is 4.98 Å².